The fourth-order valence-electron chi connectivity index (χ4n) is 2.39. The highest BCUT2D eigenvalue weighted by Crippen LogP contribution is 2.46. The third-order valence-electron chi connectivity index (χ3n) is 4.03. The van der Waals surface area contributed by atoms with Gasteiger partial charge in [-0.2, -0.15) is 0 Å². The molecule has 0 aliphatic carbocycles. The summed E-state index contributed by atoms with van der Waals surface area (Å²) in [4.78, 5) is 30.9. The van der Waals surface area contributed by atoms with Crippen molar-refractivity contribution < 1.29 is 23.9 Å². The second-order valence-corrected chi connectivity index (χ2v) is 8.01. The maximum absolute atomic E-state index is 12.2. The van der Waals surface area contributed by atoms with Gasteiger partial charge in [0.15, 0.2) is 0 Å². The highest BCUT2D eigenvalue weighted by atomic mass is 31.2. The number of unbranched alkanes of at least 4 members (excludes halogenated alkanes) is 6. The van der Waals surface area contributed by atoms with E-state index in [-0.39, 0.29) is 0 Å². The SMILES string of the molecule is CCCCCCOC(=O)C(CCCCCC)C(C)P(=O)(O)O. The van der Waals surface area contributed by atoms with Crippen LogP contribution in [0.2, 0.25) is 0 Å². The first-order chi connectivity index (χ1) is 10.3. The molecule has 0 rings (SSSR count). The Morgan fingerprint density at radius 1 is 1.00 bits per heavy atom. The zero-order valence-corrected chi connectivity index (χ0v) is 15.2. The van der Waals surface area contributed by atoms with Gasteiger partial charge >= 0.3 is 13.6 Å². The van der Waals surface area contributed by atoms with Gasteiger partial charge in [0.05, 0.1) is 18.2 Å². The Morgan fingerprint density at radius 2 is 1.55 bits per heavy atom. The van der Waals surface area contributed by atoms with Crippen LogP contribution in [0.1, 0.15) is 78.6 Å². The summed E-state index contributed by atoms with van der Waals surface area (Å²) in [7, 11) is -4.27. The van der Waals surface area contributed by atoms with Gasteiger partial charge in [-0.25, -0.2) is 0 Å². The monoisotopic (exact) mass is 336 g/mol. The number of hydrogen-bond donors (Lipinski definition) is 2. The summed E-state index contributed by atoms with van der Waals surface area (Å²) >= 11 is 0. The molecule has 0 saturated carbocycles. The largest absolute Gasteiger partial charge is 0.465 e. The second kappa shape index (κ2) is 12.1. The van der Waals surface area contributed by atoms with Crippen LogP contribution in [0.25, 0.3) is 0 Å². The van der Waals surface area contributed by atoms with E-state index in [0.717, 1.165) is 51.4 Å². The maximum atomic E-state index is 12.2. The van der Waals surface area contributed by atoms with Gasteiger partial charge < -0.3 is 14.5 Å². The van der Waals surface area contributed by atoms with Gasteiger partial charge in [0.1, 0.15) is 0 Å². The predicted octanol–water partition coefficient (Wildman–Crippen LogP) is 4.26. The molecule has 132 valence electrons. The molecule has 0 amide bonds. The molecular weight excluding hydrogens is 303 g/mol. The molecule has 6 heteroatoms. The van der Waals surface area contributed by atoms with Crippen LogP contribution in [0, 0.1) is 5.92 Å². The predicted molar refractivity (Wildman–Crippen MR) is 88.9 cm³/mol. The molecule has 0 radical (unpaired) electrons. The minimum absolute atomic E-state index is 0.345. The minimum Gasteiger partial charge on any atom is -0.465 e. The Bertz CT molecular complexity index is 339. The number of ether oxygens (including phenoxy) is 1. The first-order valence-corrected chi connectivity index (χ1v) is 10.2. The van der Waals surface area contributed by atoms with Gasteiger partial charge in [0.25, 0.3) is 0 Å². The van der Waals surface area contributed by atoms with E-state index in [2.05, 4.69) is 13.8 Å². The summed E-state index contributed by atoms with van der Waals surface area (Å²) < 4.78 is 16.7. The van der Waals surface area contributed by atoms with Gasteiger partial charge in [-0.1, -0.05) is 65.7 Å². The maximum Gasteiger partial charge on any atom is 0.329 e. The molecule has 5 nitrogen and oxygen atoms in total. The Balaban J connectivity index is 4.42. The van der Waals surface area contributed by atoms with E-state index in [0.29, 0.717) is 13.0 Å². The van der Waals surface area contributed by atoms with Crippen LogP contribution in [0.15, 0.2) is 0 Å². The van der Waals surface area contributed by atoms with E-state index < -0.39 is 25.1 Å². The smallest absolute Gasteiger partial charge is 0.329 e. The zero-order chi connectivity index (χ0) is 17.0. The molecule has 0 aliphatic heterocycles. The van der Waals surface area contributed by atoms with Crippen molar-refractivity contribution in [3.8, 4) is 0 Å². The molecule has 2 N–H and O–H groups in total. The van der Waals surface area contributed by atoms with Crippen molar-refractivity contribution >= 4 is 13.6 Å². The Morgan fingerprint density at radius 3 is 2.05 bits per heavy atom. The van der Waals surface area contributed by atoms with Crippen LogP contribution in [-0.2, 0) is 14.1 Å². The van der Waals surface area contributed by atoms with E-state index in [4.69, 9.17) is 4.74 Å². The molecule has 0 aromatic carbocycles. The highest BCUT2D eigenvalue weighted by molar-refractivity contribution is 7.52. The average molecular weight is 336 g/mol. The van der Waals surface area contributed by atoms with Crippen molar-refractivity contribution in [2.24, 2.45) is 5.92 Å². The van der Waals surface area contributed by atoms with Crippen LogP contribution >= 0.6 is 7.60 Å². The summed E-state index contributed by atoms with van der Waals surface area (Å²) in [6.07, 6.45) is 8.47. The summed E-state index contributed by atoms with van der Waals surface area (Å²) in [6.45, 7) is 6.00. The van der Waals surface area contributed by atoms with E-state index in [1.807, 2.05) is 0 Å². The molecular formula is C16H33O5P. The fraction of sp³-hybridized carbons (Fsp3) is 0.938. The lowest BCUT2D eigenvalue weighted by molar-refractivity contribution is -0.149. The first-order valence-electron chi connectivity index (χ1n) is 8.56. The Kier molecular flexibility index (Phi) is 11.9. The Labute approximate surface area is 135 Å². The Hall–Kier alpha value is -0.380. The van der Waals surface area contributed by atoms with Crippen molar-refractivity contribution in [2.45, 2.75) is 84.2 Å². The fourth-order valence-corrected chi connectivity index (χ4v) is 3.13. The average Bonchev–Trinajstić information content (AvgIpc) is 2.45. The highest BCUT2D eigenvalue weighted by Gasteiger charge is 2.37. The third kappa shape index (κ3) is 9.60. The van der Waals surface area contributed by atoms with E-state index in [1.54, 1.807) is 0 Å². The van der Waals surface area contributed by atoms with Crippen LogP contribution in [0.3, 0.4) is 0 Å². The molecule has 2 atom stereocenters. The lowest BCUT2D eigenvalue weighted by Gasteiger charge is -2.23. The van der Waals surface area contributed by atoms with E-state index >= 15 is 0 Å². The van der Waals surface area contributed by atoms with Crippen LogP contribution in [-0.4, -0.2) is 28.0 Å². The third-order valence-corrected chi connectivity index (χ3v) is 5.45. The quantitative estimate of drug-likeness (QED) is 0.298. The number of carbonyl (C=O) groups excluding carboxylic acids is 1. The van der Waals surface area contributed by atoms with Gasteiger partial charge in [-0.05, 0) is 12.8 Å². The molecule has 0 aliphatic rings. The van der Waals surface area contributed by atoms with Crippen LogP contribution < -0.4 is 0 Å². The second-order valence-electron chi connectivity index (χ2n) is 6.01. The zero-order valence-electron chi connectivity index (χ0n) is 14.3. The molecule has 0 aromatic rings. The summed E-state index contributed by atoms with van der Waals surface area (Å²) in [5.74, 6) is -1.16. The van der Waals surface area contributed by atoms with Gasteiger partial charge in [-0.15, -0.1) is 0 Å². The molecule has 0 saturated heterocycles. The summed E-state index contributed by atoms with van der Waals surface area (Å²) in [6, 6.07) is 0. The van der Waals surface area contributed by atoms with E-state index in [1.165, 1.54) is 6.92 Å². The number of carbonyl (C=O) groups is 1. The molecule has 0 heterocycles. The lowest BCUT2D eigenvalue weighted by Crippen LogP contribution is -2.28. The summed E-state index contributed by atoms with van der Waals surface area (Å²) in [5.41, 5.74) is -0.975. The van der Waals surface area contributed by atoms with Crippen molar-refractivity contribution in [3.63, 3.8) is 0 Å². The van der Waals surface area contributed by atoms with Crippen LogP contribution in [0.4, 0.5) is 0 Å². The number of hydrogen-bond acceptors (Lipinski definition) is 3. The van der Waals surface area contributed by atoms with Crippen molar-refractivity contribution in [3.05, 3.63) is 0 Å². The van der Waals surface area contributed by atoms with E-state index in [9.17, 15) is 19.1 Å². The lowest BCUT2D eigenvalue weighted by atomic mass is 9.98. The number of rotatable bonds is 13. The van der Waals surface area contributed by atoms with Gasteiger partial charge in [-0.3, -0.25) is 9.36 Å². The van der Waals surface area contributed by atoms with Crippen LogP contribution in [0.5, 0.6) is 0 Å². The molecule has 2 unspecified atom stereocenters. The van der Waals surface area contributed by atoms with Gasteiger partial charge in [0.2, 0.25) is 0 Å². The standard InChI is InChI=1S/C16H33O5P/c1-4-6-8-10-12-15(14(3)22(18,19)20)16(17)21-13-11-9-7-5-2/h14-15H,4-13H2,1-3H3,(H2,18,19,20). The molecule has 22 heavy (non-hydrogen) atoms. The molecule has 0 spiro atoms. The summed E-state index contributed by atoms with van der Waals surface area (Å²) in [5, 5.41) is 0. The van der Waals surface area contributed by atoms with Crippen molar-refractivity contribution in [1.29, 1.82) is 0 Å². The topological polar surface area (TPSA) is 83.8 Å². The van der Waals surface area contributed by atoms with Crippen molar-refractivity contribution in [1.82, 2.24) is 0 Å². The normalized spacial score (nSPS) is 14.6. The molecule has 0 fully saturated rings. The van der Waals surface area contributed by atoms with Crippen molar-refractivity contribution in [2.75, 3.05) is 6.61 Å². The molecule has 0 bridgehead atoms. The minimum atomic E-state index is -4.27. The number of esters is 1. The molecule has 0 aromatic heterocycles. The first kappa shape index (κ1) is 21.6. The van der Waals surface area contributed by atoms with Gasteiger partial charge in [0, 0.05) is 0 Å².